The van der Waals surface area contributed by atoms with Crippen molar-refractivity contribution in [2.24, 2.45) is 0 Å². The lowest BCUT2D eigenvalue weighted by Crippen LogP contribution is -2.41. The Balaban J connectivity index is 1.72. The summed E-state index contributed by atoms with van der Waals surface area (Å²) in [4.78, 5) is 2.59. The molecule has 3 rings (SSSR count). The van der Waals surface area contributed by atoms with Crippen LogP contribution in [0, 0.1) is 12.7 Å². The van der Waals surface area contributed by atoms with Crippen molar-refractivity contribution in [3.8, 4) is 0 Å². The standard InChI is InChI=1S/C15H21FN2/c1-11-8-12(16)10-13(9-11)17-14-5-7-18-6-3-2-4-15(14)18/h8-10,14-15,17H,2-7H2,1H3. The van der Waals surface area contributed by atoms with Crippen LogP contribution in [-0.4, -0.2) is 30.1 Å². The highest BCUT2D eigenvalue weighted by Gasteiger charge is 2.35. The van der Waals surface area contributed by atoms with E-state index in [9.17, 15) is 4.39 Å². The number of aryl methyl sites for hydroxylation is 1. The zero-order chi connectivity index (χ0) is 12.5. The number of benzene rings is 1. The van der Waals surface area contributed by atoms with E-state index in [2.05, 4.69) is 10.2 Å². The van der Waals surface area contributed by atoms with Gasteiger partial charge in [-0.3, -0.25) is 4.90 Å². The first-order valence-corrected chi connectivity index (χ1v) is 7.00. The van der Waals surface area contributed by atoms with Gasteiger partial charge in [0.25, 0.3) is 0 Å². The third kappa shape index (κ3) is 2.37. The zero-order valence-corrected chi connectivity index (χ0v) is 11.0. The van der Waals surface area contributed by atoms with Gasteiger partial charge in [-0.2, -0.15) is 0 Å². The average Bonchev–Trinajstić information content (AvgIpc) is 2.72. The summed E-state index contributed by atoms with van der Waals surface area (Å²) in [5.74, 6) is -0.143. The molecule has 1 aromatic carbocycles. The minimum Gasteiger partial charge on any atom is -0.381 e. The minimum absolute atomic E-state index is 0.143. The highest BCUT2D eigenvalue weighted by Crippen LogP contribution is 2.29. The van der Waals surface area contributed by atoms with E-state index in [1.807, 2.05) is 13.0 Å². The first-order valence-electron chi connectivity index (χ1n) is 7.00. The maximum absolute atomic E-state index is 13.4. The number of nitrogens with one attached hydrogen (secondary N) is 1. The van der Waals surface area contributed by atoms with E-state index in [1.54, 1.807) is 12.1 Å². The fraction of sp³-hybridized carbons (Fsp3) is 0.600. The molecule has 2 unspecified atom stereocenters. The predicted molar refractivity (Wildman–Crippen MR) is 72.4 cm³/mol. The number of piperidine rings is 1. The van der Waals surface area contributed by atoms with Crippen LogP contribution in [0.15, 0.2) is 18.2 Å². The molecule has 1 N–H and O–H groups in total. The Kier molecular flexibility index (Phi) is 3.25. The number of halogens is 1. The molecule has 0 saturated carbocycles. The van der Waals surface area contributed by atoms with E-state index in [1.165, 1.54) is 38.8 Å². The Morgan fingerprint density at radius 1 is 1.17 bits per heavy atom. The average molecular weight is 248 g/mol. The second-order valence-corrected chi connectivity index (χ2v) is 5.66. The topological polar surface area (TPSA) is 15.3 Å². The van der Waals surface area contributed by atoms with Gasteiger partial charge in [0.2, 0.25) is 0 Å². The summed E-state index contributed by atoms with van der Waals surface area (Å²) in [7, 11) is 0. The minimum atomic E-state index is -0.143. The van der Waals surface area contributed by atoms with Gasteiger partial charge in [0.05, 0.1) is 0 Å². The van der Waals surface area contributed by atoms with Crippen molar-refractivity contribution in [2.45, 2.75) is 44.7 Å². The Hall–Kier alpha value is -1.09. The molecular formula is C15H21FN2. The number of hydrogen-bond acceptors (Lipinski definition) is 2. The van der Waals surface area contributed by atoms with Crippen LogP contribution < -0.4 is 5.32 Å². The first kappa shape index (κ1) is 12.0. The SMILES string of the molecule is Cc1cc(F)cc(NC2CCN3CCCCC23)c1. The summed E-state index contributed by atoms with van der Waals surface area (Å²) in [6.07, 6.45) is 5.13. The molecule has 2 nitrogen and oxygen atoms in total. The molecule has 0 aliphatic carbocycles. The molecule has 2 heterocycles. The van der Waals surface area contributed by atoms with Crippen LogP contribution in [0.4, 0.5) is 10.1 Å². The second kappa shape index (κ2) is 4.88. The lowest BCUT2D eigenvalue weighted by atomic mass is 9.99. The Morgan fingerprint density at radius 3 is 2.89 bits per heavy atom. The molecule has 1 aromatic rings. The summed E-state index contributed by atoms with van der Waals surface area (Å²) in [5.41, 5.74) is 1.92. The van der Waals surface area contributed by atoms with Crippen molar-refractivity contribution in [1.82, 2.24) is 4.90 Å². The number of anilines is 1. The molecule has 0 aromatic heterocycles. The summed E-state index contributed by atoms with van der Waals surface area (Å²) in [5, 5.41) is 3.54. The van der Waals surface area contributed by atoms with E-state index in [0.29, 0.717) is 12.1 Å². The van der Waals surface area contributed by atoms with E-state index in [-0.39, 0.29) is 5.82 Å². The number of rotatable bonds is 2. The van der Waals surface area contributed by atoms with Gasteiger partial charge in [0.1, 0.15) is 5.82 Å². The number of nitrogens with zero attached hydrogens (tertiary/aromatic N) is 1. The van der Waals surface area contributed by atoms with Crippen LogP contribution in [0.2, 0.25) is 0 Å². The Bertz CT molecular complexity index is 412. The summed E-state index contributed by atoms with van der Waals surface area (Å²) in [6, 6.07) is 6.37. The Morgan fingerprint density at radius 2 is 2.06 bits per heavy atom. The van der Waals surface area contributed by atoms with Crippen molar-refractivity contribution in [3.63, 3.8) is 0 Å². The van der Waals surface area contributed by atoms with Gasteiger partial charge in [-0.05, 0) is 56.5 Å². The van der Waals surface area contributed by atoms with Crippen molar-refractivity contribution < 1.29 is 4.39 Å². The summed E-state index contributed by atoms with van der Waals surface area (Å²) < 4.78 is 13.4. The number of hydrogen-bond donors (Lipinski definition) is 1. The molecule has 3 heteroatoms. The lowest BCUT2D eigenvalue weighted by Gasteiger charge is -2.33. The van der Waals surface area contributed by atoms with Gasteiger partial charge in [0, 0.05) is 24.3 Å². The third-order valence-electron chi connectivity index (χ3n) is 4.25. The third-order valence-corrected chi connectivity index (χ3v) is 4.25. The fourth-order valence-electron chi connectivity index (χ4n) is 3.45. The molecule has 2 saturated heterocycles. The summed E-state index contributed by atoms with van der Waals surface area (Å²) in [6.45, 7) is 4.37. The molecular weight excluding hydrogens is 227 g/mol. The lowest BCUT2D eigenvalue weighted by molar-refractivity contribution is 0.193. The van der Waals surface area contributed by atoms with Crippen molar-refractivity contribution >= 4 is 5.69 Å². The molecule has 2 atom stereocenters. The predicted octanol–water partition coefficient (Wildman–Crippen LogP) is 3.17. The fourth-order valence-corrected chi connectivity index (χ4v) is 3.45. The van der Waals surface area contributed by atoms with Gasteiger partial charge in [-0.15, -0.1) is 0 Å². The van der Waals surface area contributed by atoms with Gasteiger partial charge >= 0.3 is 0 Å². The molecule has 18 heavy (non-hydrogen) atoms. The monoisotopic (exact) mass is 248 g/mol. The summed E-state index contributed by atoms with van der Waals surface area (Å²) >= 11 is 0. The number of fused-ring (bicyclic) bond motifs is 1. The van der Waals surface area contributed by atoms with Crippen LogP contribution in [0.3, 0.4) is 0 Å². The smallest absolute Gasteiger partial charge is 0.125 e. The molecule has 2 aliphatic heterocycles. The van der Waals surface area contributed by atoms with E-state index < -0.39 is 0 Å². The second-order valence-electron chi connectivity index (χ2n) is 5.66. The van der Waals surface area contributed by atoms with Gasteiger partial charge < -0.3 is 5.32 Å². The molecule has 0 radical (unpaired) electrons. The van der Waals surface area contributed by atoms with Crippen molar-refractivity contribution in [1.29, 1.82) is 0 Å². The van der Waals surface area contributed by atoms with Gasteiger partial charge in [0.15, 0.2) is 0 Å². The van der Waals surface area contributed by atoms with Crippen LogP contribution in [0.1, 0.15) is 31.2 Å². The van der Waals surface area contributed by atoms with Crippen molar-refractivity contribution in [3.05, 3.63) is 29.6 Å². The maximum Gasteiger partial charge on any atom is 0.125 e. The molecule has 2 aliphatic rings. The highest BCUT2D eigenvalue weighted by atomic mass is 19.1. The first-order chi connectivity index (χ1) is 8.72. The largest absolute Gasteiger partial charge is 0.381 e. The van der Waals surface area contributed by atoms with E-state index >= 15 is 0 Å². The van der Waals surface area contributed by atoms with E-state index in [4.69, 9.17) is 0 Å². The van der Waals surface area contributed by atoms with Crippen LogP contribution in [-0.2, 0) is 0 Å². The molecule has 0 spiro atoms. The van der Waals surface area contributed by atoms with Crippen LogP contribution in [0.5, 0.6) is 0 Å². The van der Waals surface area contributed by atoms with Crippen LogP contribution >= 0.6 is 0 Å². The Labute approximate surface area is 108 Å². The zero-order valence-electron chi connectivity index (χ0n) is 11.0. The van der Waals surface area contributed by atoms with E-state index in [0.717, 1.165) is 11.3 Å². The van der Waals surface area contributed by atoms with Gasteiger partial charge in [-0.1, -0.05) is 6.42 Å². The van der Waals surface area contributed by atoms with Crippen LogP contribution in [0.25, 0.3) is 0 Å². The van der Waals surface area contributed by atoms with Crippen molar-refractivity contribution in [2.75, 3.05) is 18.4 Å². The molecule has 2 fully saturated rings. The maximum atomic E-state index is 13.4. The quantitative estimate of drug-likeness (QED) is 0.864. The van der Waals surface area contributed by atoms with Gasteiger partial charge in [-0.25, -0.2) is 4.39 Å². The normalized spacial score (nSPS) is 28.1. The highest BCUT2D eigenvalue weighted by molar-refractivity contribution is 5.47. The molecule has 0 bridgehead atoms. The molecule has 0 amide bonds. The molecule has 98 valence electrons.